The van der Waals surface area contributed by atoms with Gasteiger partial charge < -0.3 is 25.0 Å². The molecule has 38 heavy (non-hydrogen) atoms. The first kappa shape index (κ1) is 27.6. The van der Waals surface area contributed by atoms with Gasteiger partial charge in [0.05, 0.1) is 49.1 Å². The van der Waals surface area contributed by atoms with E-state index in [9.17, 15) is 23.8 Å². The van der Waals surface area contributed by atoms with Crippen LogP contribution in [0.5, 0.6) is 5.88 Å². The number of carbonyl (C=O) groups is 1. The van der Waals surface area contributed by atoms with Crippen LogP contribution in [0.25, 0.3) is 17.1 Å². The molecule has 2 aromatic heterocycles. The van der Waals surface area contributed by atoms with Gasteiger partial charge in [-0.3, -0.25) is 9.78 Å². The fourth-order valence-corrected chi connectivity index (χ4v) is 4.63. The maximum absolute atomic E-state index is 13.9. The van der Waals surface area contributed by atoms with Crippen molar-refractivity contribution in [1.82, 2.24) is 15.3 Å². The lowest BCUT2D eigenvalue weighted by Gasteiger charge is -2.37. The van der Waals surface area contributed by atoms with Crippen molar-refractivity contribution < 1.29 is 33.3 Å². The van der Waals surface area contributed by atoms with E-state index in [0.29, 0.717) is 31.6 Å². The highest BCUT2D eigenvalue weighted by Crippen LogP contribution is 2.27. The average Bonchev–Trinajstić information content (AvgIpc) is 2.93. The molecule has 0 spiro atoms. The number of hydrogen-bond donors (Lipinski definition) is 3. The Morgan fingerprint density at radius 2 is 2.11 bits per heavy atom. The van der Waals surface area contributed by atoms with Gasteiger partial charge in [-0.05, 0) is 67.7 Å². The van der Waals surface area contributed by atoms with Gasteiger partial charge in [-0.1, -0.05) is 0 Å². The average molecular weight is 528 g/mol. The molecule has 1 aliphatic heterocycles. The quantitative estimate of drug-likeness (QED) is 0.347. The van der Waals surface area contributed by atoms with Gasteiger partial charge in [0.25, 0.3) is 0 Å². The summed E-state index contributed by atoms with van der Waals surface area (Å²) in [6.45, 7) is -0.430. The zero-order valence-electron chi connectivity index (χ0n) is 21.0. The molecule has 4 atom stereocenters. The van der Waals surface area contributed by atoms with Gasteiger partial charge in [-0.25, -0.2) is 13.8 Å². The minimum absolute atomic E-state index is 0.0388. The first-order valence-electron chi connectivity index (χ1n) is 12.5. The van der Waals surface area contributed by atoms with Crippen molar-refractivity contribution in [1.29, 1.82) is 0 Å². The van der Waals surface area contributed by atoms with E-state index < -0.39 is 42.4 Å². The summed E-state index contributed by atoms with van der Waals surface area (Å²) in [5, 5.41) is 22.3. The zero-order chi connectivity index (χ0) is 27.1. The molecular formula is C28H31F2N3O5. The lowest BCUT2D eigenvalue weighted by Crippen LogP contribution is -2.50. The summed E-state index contributed by atoms with van der Waals surface area (Å²) < 4.78 is 38.8. The highest BCUT2D eigenvalue weighted by molar-refractivity contribution is 5.92. The fourth-order valence-electron chi connectivity index (χ4n) is 4.63. The fraction of sp³-hybridized carbons (Fsp3) is 0.393. The normalized spacial score (nSPS) is 20.5. The second kappa shape index (κ2) is 12.9. The molecule has 1 aliphatic rings. The number of nitrogens with one attached hydrogen (secondary N) is 1. The number of ether oxygens (including phenoxy) is 2. The molecule has 10 heteroatoms. The highest BCUT2D eigenvalue weighted by Gasteiger charge is 2.33. The first-order valence-corrected chi connectivity index (χ1v) is 12.5. The van der Waals surface area contributed by atoms with Gasteiger partial charge >= 0.3 is 0 Å². The minimum atomic E-state index is -1.00. The van der Waals surface area contributed by atoms with Gasteiger partial charge in [0, 0.05) is 30.3 Å². The Bertz CT molecular complexity index is 1290. The summed E-state index contributed by atoms with van der Waals surface area (Å²) in [6, 6.07) is 8.12. The van der Waals surface area contributed by atoms with Crippen LogP contribution < -0.4 is 10.1 Å². The Balaban J connectivity index is 1.40. The van der Waals surface area contributed by atoms with E-state index in [1.54, 1.807) is 19.4 Å². The number of aliphatic hydroxyl groups is 2. The molecule has 3 aromatic rings. The third kappa shape index (κ3) is 7.09. The number of pyridine rings is 2. The maximum atomic E-state index is 13.9. The Labute approximate surface area is 219 Å². The van der Waals surface area contributed by atoms with E-state index >= 15 is 0 Å². The Hall–Kier alpha value is -3.47. The second-order valence-electron chi connectivity index (χ2n) is 9.29. The Morgan fingerprint density at radius 1 is 1.26 bits per heavy atom. The number of methoxy groups -OCH3 is 1. The second-order valence-corrected chi connectivity index (χ2v) is 9.29. The standard InChI is InChI=1S/C28H31F2N3O5/c1-37-27-11-9-24-28(33-27)17(12-13-31-24)2-5-21-6-8-23(25(38-21)15-20(35)16-34)32-26(36)10-3-18-14-19(29)4-7-22(18)30/h3-4,7,9-14,20-21,23,25,34-35H,2,5-6,8,15-16H2,1H3,(H,32,36)/b10-3+/t20-,21-,23+,25-/m0/s1. The van der Waals surface area contributed by atoms with Crippen LogP contribution in [0, 0.1) is 11.6 Å². The summed E-state index contributed by atoms with van der Waals surface area (Å²) in [5.41, 5.74) is 2.50. The van der Waals surface area contributed by atoms with Crippen molar-refractivity contribution in [3.8, 4) is 5.88 Å². The van der Waals surface area contributed by atoms with Crippen LogP contribution in [0.15, 0.2) is 48.7 Å². The predicted octanol–water partition coefficient (Wildman–Crippen LogP) is 3.34. The summed E-state index contributed by atoms with van der Waals surface area (Å²) in [4.78, 5) is 21.4. The van der Waals surface area contributed by atoms with Gasteiger partial charge in [0.2, 0.25) is 11.8 Å². The van der Waals surface area contributed by atoms with Crippen molar-refractivity contribution in [3.63, 3.8) is 0 Å². The molecule has 0 unspecified atom stereocenters. The molecule has 1 fully saturated rings. The van der Waals surface area contributed by atoms with E-state index in [1.165, 1.54) is 6.08 Å². The number of nitrogens with zero attached hydrogens (tertiary/aromatic N) is 2. The van der Waals surface area contributed by atoms with Crippen LogP contribution in [0.3, 0.4) is 0 Å². The smallest absolute Gasteiger partial charge is 0.244 e. The van der Waals surface area contributed by atoms with Crippen LogP contribution in [0.2, 0.25) is 0 Å². The van der Waals surface area contributed by atoms with E-state index in [4.69, 9.17) is 9.47 Å². The van der Waals surface area contributed by atoms with Crippen LogP contribution in [0.1, 0.15) is 36.8 Å². The van der Waals surface area contributed by atoms with E-state index in [1.807, 2.05) is 12.1 Å². The van der Waals surface area contributed by atoms with Crippen molar-refractivity contribution in [2.24, 2.45) is 0 Å². The molecule has 8 nitrogen and oxygen atoms in total. The third-order valence-electron chi connectivity index (χ3n) is 6.62. The van der Waals surface area contributed by atoms with Gasteiger partial charge in [0.1, 0.15) is 11.6 Å². The first-order chi connectivity index (χ1) is 18.4. The van der Waals surface area contributed by atoms with Crippen molar-refractivity contribution >= 4 is 23.0 Å². The molecule has 0 aliphatic carbocycles. The maximum Gasteiger partial charge on any atom is 0.244 e. The molecule has 4 rings (SSSR count). The number of fused-ring (bicyclic) bond motifs is 1. The lowest BCUT2D eigenvalue weighted by atomic mass is 9.92. The molecule has 0 bridgehead atoms. The summed E-state index contributed by atoms with van der Waals surface area (Å²) in [5.74, 6) is -1.23. The molecule has 1 aromatic carbocycles. The molecule has 3 N–H and O–H groups in total. The Morgan fingerprint density at radius 3 is 2.89 bits per heavy atom. The van der Waals surface area contributed by atoms with E-state index in [0.717, 1.165) is 40.9 Å². The van der Waals surface area contributed by atoms with Crippen LogP contribution in [0.4, 0.5) is 8.78 Å². The molecule has 3 heterocycles. The number of amides is 1. The number of aliphatic hydroxyl groups excluding tert-OH is 2. The van der Waals surface area contributed by atoms with Gasteiger partial charge in [-0.15, -0.1) is 0 Å². The SMILES string of the molecule is COc1ccc2nccc(CC[C@H]3CC[C@@H](NC(=O)/C=C/c4cc(F)ccc4F)[C@H](C[C@H](O)CO)O3)c2n1. The molecule has 1 saturated heterocycles. The zero-order valence-corrected chi connectivity index (χ0v) is 21.0. The Kier molecular flexibility index (Phi) is 9.33. The topological polar surface area (TPSA) is 114 Å². The number of halogens is 2. The molecular weight excluding hydrogens is 496 g/mol. The van der Waals surface area contributed by atoms with E-state index in [-0.39, 0.29) is 18.1 Å². The van der Waals surface area contributed by atoms with Crippen LogP contribution in [-0.2, 0) is 16.0 Å². The minimum Gasteiger partial charge on any atom is -0.481 e. The molecule has 0 saturated carbocycles. The predicted molar refractivity (Wildman–Crippen MR) is 137 cm³/mol. The van der Waals surface area contributed by atoms with Crippen molar-refractivity contribution in [3.05, 3.63) is 71.4 Å². The number of hydrogen-bond acceptors (Lipinski definition) is 7. The number of carbonyl (C=O) groups excluding carboxylic acids is 1. The lowest BCUT2D eigenvalue weighted by molar-refractivity contribution is -0.124. The number of aryl methyl sites for hydroxylation is 1. The molecule has 1 amide bonds. The molecule has 0 radical (unpaired) electrons. The van der Waals surface area contributed by atoms with Crippen LogP contribution in [-0.4, -0.2) is 64.2 Å². The molecule has 202 valence electrons. The van der Waals surface area contributed by atoms with Gasteiger partial charge in [0.15, 0.2) is 0 Å². The highest BCUT2D eigenvalue weighted by atomic mass is 19.1. The number of rotatable bonds is 10. The number of aromatic nitrogens is 2. The summed E-state index contributed by atoms with van der Waals surface area (Å²) in [6.07, 6.45) is 5.16. The summed E-state index contributed by atoms with van der Waals surface area (Å²) in [7, 11) is 1.56. The van der Waals surface area contributed by atoms with Gasteiger partial charge in [-0.2, -0.15) is 0 Å². The van der Waals surface area contributed by atoms with Crippen molar-refractivity contribution in [2.75, 3.05) is 13.7 Å². The van der Waals surface area contributed by atoms with Crippen LogP contribution >= 0.6 is 0 Å². The van der Waals surface area contributed by atoms with E-state index in [2.05, 4.69) is 15.3 Å². The van der Waals surface area contributed by atoms with Crippen molar-refractivity contribution in [2.45, 2.75) is 56.5 Å². The third-order valence-corrected chi connectivity index (χ3v) is 6.62. The number of benzene rings is 1. The summed E-state index contributed by atoms with van der Waals surface area (Å²) >= 11 is 0. The largest absolute Gasteiger partial charge is 0.481 e. The monoisotopic (exact) mass is 527 g/mol.